The molecule has 1 aliphatic heterocycles. The molecule has 0 aliphatic carbocycles. The number of nitrogens with one attached hydrogen (secondary N) is 1. The Bertz CT molecular complexity index is 1100. The minimum absolute atomic E-state index is 0.145. The number of hydrogen-bond donors (Lipinski definition) is 1. The zero-order valence-electron chi connectivity index (χ0n) is 14.1. The molecule has 1 aliphatic rings. The second-order valence-corrected chi connectivity index (χ2v) is 6.90. The van der Waals surface area contributed by atoms with Crippen molar-refractivity contribution in [2.24, 2.45) is 0 Å². The van der Waals surface area contributed by atoms with E-state index in [0.717, 1.165) is 33.2 Å². The first kappa shape index (κ1) is 14.8. The van der Waals surface area contributed by atoms with E-state index in [9.17, 15) is 4.79 Å². The van der Waals surface area contributed by atoms with Crippen molar-refractivity contribution in [3.05, 3.63) is 64.5 Å². The van der Waals surface area contributed by atoms with Crippen LogP contribution in [-0.4, -0.2) is 5.54 Å². The Hall–Kier alpha value is -2.81. The molecule has 1 N–H and O–H groups in total. The highest BCUT2D eigenvalue weighted by Gasteiger charge is 2.26. The van der Waals surface area contributed by atoms with Crippen molar-refractivity contribution in [3.8, 4) is 0 Å². The Morgan fingerprint density at radius 2 is 1.96 bits per heavy atom. The molecule has 24 heavy (non-hydrogen) atoms. The summed E-state index contributed by atoms with van der Waals surface area (Å²) in [6.07, 6.45) is 3.95. The largest absolute Gasteiger partial charge is 0.422 e. The summed E-state index contributed by atoms with van der Waals surface area (Å²) in [5.41, 5.74) is 4.10. The molecular weight excluding hydrogens is 298 g/mol. The normalized spacial score (nSPS) is 15.7. The maximum atomic E-state index is 12.7. The van der Waals surface area contributed by atoms with E-state index in [1.807, 2.05) is 31.2 Å². The quantitative estimate of drug-likeness (QED) is 0.495. The Morgan fingerprint density at radius 3 is 2.71 bits per heavy atom. The average Bonchev–Trinajstić information content (AvgIpc) is 2.52. The van der Waals surface area contributed by atoms with E-state index in [1.165, 1.54) is 0 Å². The topological polar surface area (TPSA) is 42.2 Å². The van der Waals surface area contributed by atoms with Crippen LogP contribution >= 0.6 is 0 Å². The van der Waals surface area contributed by atoms with Gasteiger partial charge in [0.15, 0.2) is 0 Å². The maximum absolute atomic E-state index is 12.7. The SMILES string of the molecule is C=Cc1cccc2oc(=O)c3c4c(ccc3c12)NC(C)(C)C=C4C. The zero-order chi connectivity index (χ0) is 17.1. The van der Waals surface area contributed by atoms with Gasteiger partial charge in [0.2, 0.25) is 0 Å². The number of hydrogen-bond acceptors (Lipinski definition) is 3. The molecule has 0 fully saturated rings. The van der Waals surface area contributed by atoms with Crippen LogP contribution in [0.15, 0.2) is 52.2 Å². The summed E-state index contributed by atoms with van der Waals surface area (Å²) in [6, 6.07) is 9.74. The van der Waals surface area contributed by atoms with E-state index >= 15 is 0 Å². The summed E-state index contributed by atoms with van der Waals surface area (Å²) in [6.45, 7) is 10.2. The third kappa shape index (κ3) is 2.01. The summed E-state index contributed by atoms with van der Waals surface area (Å²) in [4.78, 5) is 12.7. The predicted molar refractivity (Wildman–Crippen MR) is 101 cm³/mol. The van der Waals surface area contributed by atoms with Gasteiger partial charge in [-0.15, -0.1) is 0 Å². The van der Waals surface area contributed by atoms with Gasteiger partial charge in [0.05, 0.1) is 10.9 Å². The molecule has 2 aromatic carbocycles. The molecule has 0 saturated heterocycles. The van der Waals surface area contributed by atoms with Gasteiger partial charge in [-0.05, 0) is 44.0 Å². The summed E-state index contributed by atoms with van der Waals surface area (Å²) in [7, 11) is 0. The third-order valence-electron chi connectivity index (χ3n) is 4.59. The van der Waals surface area contributed by atoms with E-state index in [4.69, 9.17) is 4.42 Å². The second-order valence-electron chi connectivity index (χ2n) is 6.90. The Balaban J connectivity index is 2.23. The first-order chi connectivity index (χ1) is 11.4. The lowest BCUT2D eigenvalue weighted by molar-refractivity contribution is 0.569. The second kappa shape index (κ2) is 4.84. The van der Waals surface area contributed by atoms with Gasteiger partial charge < -0.3 is 9.73 Å². The fourth-order valence-corrected chi connectivity index (χ4v) is 3.78. The minimum atomic E-state index is -0.301. The minimum Gasteiger partial charge on any atom is -0.422 e. The number of anilines is 1. The van der Waals surface area contributed by atoms with Crippen LogP contribution in [-0.2, 0) is 0 Å². The maximum Gasteiger partial charge on any atom is 0.344 e. The van der Waals surface area contributed by atoms with Crippen molar-refractivity contribution in [2.45, 2.75) is 26.3 Å². The Kier molecular flexibility index (Phi) is 2.98. The Morgan fingerprint density at radius 1 is 1.17 bits per heavy atom. The monoisotopic (exact) mass is 317 g/mol. The molecule has 0 radical (unpaired) electrons. The molecule has 0 unspecified atom stereocenters. The molecule has 120 valence electrons. The molecule has 3 heteroatoms. The smallest absolute Gasteiger partial charge is 0.344 e. The fourth-order valence-electron chi connectivity index (χ4n) is 3.78. The van der Waals surface area contributed by atoms with Crippen LogP contribution in [0.2, 0.25) is 0 Å². The molecule has 3 nitrogen and oxygen atoms in total. The van der Waals surface area contributed by atoms with Crippen LogP contribution < -0.4 is 10.9 Å². The lowest BCUT2D eigenvalue weighted by atomic mass is 9.88. The summed E-state index contributed by atoms with van der Waals surface area (Å²) < 4.78 is 5.63. The van der Waals surface area contributed by atoms with Gasteiger partial charge >= 0.3 is 5.63 Å². The molecule has 0 saturated carbocycles. The van der Waals surface area contributed by atoms with Crippen molar-refractivity contribution in [1.29, 1.82) is 0 Å². The molecule has 0 bridgehead atoms. The summed E-state index contributed by atoms with van der Waals surface area (Å²) in [5.74, 6) is 0. The van der Waals surface area contributed by atoms with Crippen molar-refractivity contribution in [1.82, 2.24) is 0 Å². The van der Waals surface area contributed by atoms with Gasteiger partial charge in [-0.1, -0.05) is 36.9 Å². The average molecular weight is 317 g/mol. The summed E-state index contributed by atoms with van der Waals surface area (Å²) in [5, 5.41) is 5.96. The van der Waals surface area contributed by atoms with Crippen molar-refractivity contribution in [3.63, 3.8) is 0 Å². The van der Waals surface area contributed by atoms with E-state index in [1.54, 1.807) is 6.08 Å². The zero-order valence-corrected chi connectivity index (χ0v) is 14.1. The predicted octanol–water partition coefficient (Wildman–Crippen LogP) is 5.20. The van der Waals surface area contributed by atoms with E-state index < -0.39 is 0 Å². The third-order valence-corrected chi connectivity index (χ3v) is 4.59. The highest BCUT2D eigenvalue weighted by atomic mass is 16.4. The van der Waals surface area contributed by atoms with Gasteiger partial charge in [0.1, 0.15) is 5.58 Å². The number of allylic oxidation sites excluding steroid dienone is 1. The van der Waals surface area contributed by atoms with Crippen LogP contribution in [0.4, 0.5) is 5.69 Å². The highest BCUT2D eigenvalue weighted by Crippen LogP contribution is 2.39. The number of fused-ring (bicyclic) bond motifs is 5. The molecule has 0 atom stereocenters. The van der Waals surface area contributed by atoms with Crippen molar-refractivity contribution in [2.75, 3.05) is 5.32 Å². The van der Waals surface area contributed by atoms with Crippen molar-refractivity contribution < 1.29 is 4.42 Å². The van der Waals surface area contributed by atoms with Crippen LogP contribution in [0.3, 0.4) is 0 Å². The van der Waals surface area contributed by atoms with Crippen LogP contribution in [0.5, 0.6) is 0 Å². The van der Waals surface area contributed by atoms with E-state index in [0.29, 0.717) is 11.0 Å². The Labute approximate surface area is 140 Å². The molecule has 3 aromatic rings. The van der Waals surface area contributed by atoms with E-state index in [-0.39, 0.29) is 11.2 Å². The van der Waals surface area contributed by atoms with Crippen LogP contribution in [0, 0.1) is 0 Å². The first-order valence-electron chi connectivity index (χ1n) is 8.04. The molecule has 0 amide bonds. The van der Waals surface area contributed by atoms with Gasteiger partial charge in [-0.25, -0.2) is 4.79 Å². The lowest BCUT2D eigenvalue weighted by Crippen LogP contribution is -2.31. The fraction of sp³-hybridized carbons (Fsp3) is 0.190. The molecule has 4 rings (SSSR count). The van der Waals surface area contributed by atoms with Gasteiger partial charge in [0, 0.05) is 22.0 Å². The number of rotatable bonds is 1. The highest BCUT2D eigenvalue weighted by molar-refractivity contribution is 6.13. The standard InChI is InChI=1S/C21H19NO2/c1-5-13-7-6-8-16-18(13)14-9-10-15-17(19(14)20(23)24-16)12(2)11-21(3,4)22-15/h5-11,22H,1H2,2-4H3. The van der Waals surface area contributed by atoms with Crippen LogP contribution in [0.1, 0.15) is 31.9 Å². The van der Waals surface area contributed by atoms with Gasteiger partial charge in [-0.2, -0.15) is 0 Å². The van der Waals surface area contributed by atoms with Crippen LogP contribution in [0.25, 0.3) is 33.4 Å². The first-order valence-corrected chi connectivity index (χ1v) is 8.04. The summed E-state index contributed by atoms with van der Waals surface area (Å²) >= 11 is 0. The van der Waals surface area contributed by atoms with Gasteiger partial charge in [0.25, 0.3) is 0 Å². The van der Waals surface area contributed by atoms with E-state index in [2.05, 4.69) is 37.9 Å². The molecular formula is C21H19NO2. The molecule has 0 spiro atoms. The lowest BCUT2D eigenvalue weighted by Gasteiger charge is -2.32. The molecule has 1 aromatic heterocycles. The number of benzene rings is 2. The molecule has 2 heterocycles. The van der Waals surface area contributed by atoms with Crippen molar-refractivity contribution >= 4 is 39.1 Å². The van der Waals surface area contributed by atoms with Gasteiger partial charge in [-0.3, -0.25) is 0 Å².